The Balaban J connectivity index is 2.33. The predicted molar refractivity (Wildman–Crippen MR) is 80.8 cm³/mol. The molecule has 6 nitrogen and oxygen atoms in total. The van der Waals surface area contributed by atoms with Crippen molar-refractivity contribution < 1.29 is 19.4 Å². The maximum Gasteiger partial charge on any atom is 0.340 e. The lowest BCUT2D eigenvalue weighted by molar-refractivity contribution is -0.140. The normalized spacial score (nSPS) is 19.8. The minimum atomic E-state index is -0.938. The molecule has 2 heterocycles. The number of aliphatic carboxylic acids is 1. The lowest BCUT2D eigenvalue weighted by Gasteiger charge is -2.21. The number of carboxylic acid groups (broad SMARTS) is 1. The van der Waals surface area contributed by atoms with Gasteiger partial charge in [0.25, 0.3) is 0 Å². The second kappa shape index (κ2) is 7.35. The first-order valence-electron chi connectivity index (χ1n) is 7.65. The molecular formula is C16H22N2O4. The van der Waals surface area contributed by atoms with Crippen LogP contribution in [0.2, 0.25) is 0 Å². The Kier molecular flexibility index (Phi) is 5.49. The zero-order valence-electron chi connectivity index (χ0n) is 13.0. The lowest BCUT2D eigenvalue weighted by atomic mass is 9.86. The van der Waals surface area contributed by atoms with Crippen molar-refractivity contribution in [2.24, 2.45) is 5.92 Å². The van der Waals surface area contributed by atoms with Crippen LogP contribution >= 0.6 is 0 Å². The van der Waals surface area contributed by atoms with Gasteiger partial charge in [0.2, 0.25) is 0 Å². The Morgan fingerprint density at radius 1 is 1.50 bits per heavy atom. The van der Waals surface area contributed by atoms with Gasteiger partial charge in [0.05, 0.1) is 17.9 Å². The molecule has 1 aliphatic heterocycles. The van der Waals surface area contributed by atoms with E-state index < -0.39 is 17.9 Å². The molecule has 0 bridgehead atoms. The van der Waals surface area contributed by atoms with Crippen LogP contribution in [0.15, 0.2) is 18.3 Å². The minimum absolute atomic E-state index is 0.0412. The van der Waals surface area contributed by atoms with Crippen LogP contribution in [0.3, 0.4) is 0 Å². The van der Waals surface area contributed by atoms with E-state index in [4.69, 9.17) is 4.74 Å². The SMILES string of the molecule is CCOC(=O)c1cccnc1C(C(=O)O)C1CCN(CC)C1. The van der Waals surface area contributed by atoms with E-state index >= 15 is 0 Å². The van der Waals surface area contributed by atoms with Crippen LogP contribution in [0.1, 0.15) is 42.2 Å². The fourth-order valence-electron chi connectivity index (χ4n) is 3.01. The molecule has 120 valence electrons. The smallest absolute Gasteiger partial charge is 0.340 e. The maximum atomic E-state index is 12.1. The molecule has 2 atom stereocenters. The van der Waals surface area contributed by atoms with Crippen molar-refractivity contribution in [2.45, 2.75) is 26.2 Å². The van der Waals surface area contributed by atoms with E-state index in [1.165, 1.54) is 6.20 Å². The van der Waals surface area contributed by atoms with Gasteiger partial charge < -0.3 is 14.7 Å². The molecular weight excluding hydrogens is 284 g/mol. The van der Waals surface area contributed by atoms with Crippen molar-refractivity contribution in [1.82, 2.24) is 9.88 Å². The number of carbonyl (C=O) groups excluding carboxylic acids is 1. The fourth-order valence-corrected chi connectivity index (χ4v) is 3.01. The zero-order valence-corrected chi connectivity index (χ0v) is 13.0. The summed E-state index contributed by atoms with van der Waals surface area (Å²) in [5, 5.41) is 9.67. The summed E-state index contributed by atoms with van der Waals surface area (Å²) in [4.78, 5) is 30.3. The molecule has 6 heteroatoms. The number of hydrogen-bond donors (Lipinski definition) is 1. The molecule has 0 radical (unpaired) electrons. The third-order valence-corrected chi connectivity index (χ3v) is 4.12. The molecule has 1 fully saturated rings. The molecule has 0 amide bonds. The summed E-state index contributed by atoms with van der Waals surface area (Å²) in [6.45, 7) is 6.52. The van der Waals surface area contributed by atoms with Gasteiger partial charge in [-0.2, -0.15) is 0 Å². The van der Waals surface area contributed by atoms with Crippen molar-refractivity contribution in [3.63, 3.8) is 0 Å². The molecule has 0 saturated carbocycles. The average Bonchev–Trinajstić information content (AvgIpc) is 2.96. The summed E-state index contributed by atoms with van der Waals surface area (Å²) in [5.74, 6) is -2.27. The maximum absolute atomic E-state index is 12.1. The van der Waals surface area contributed by atoms with Gasteiger partial charge in [0.1, 0.15) is 5.92 Å². The predicted octanol–water partition coefficient (Wildman–Crippen LogP) is 1.77. The van der Waals surface area contributed by atoms with Crippen LogP contribution in [0, 0.1) is 5.92 Å². The summed E-state index contributed by atoms with van der Waals surface area (Å²) >= 11 is 0. The quantitative estimate of drug-likeness (QED) is 0.807. The lowest BCUT2D eigenvalue weighted by Crippen LogP contribution is -2.28. The summed E-state index contributed by atoms with van der Waals surface area (Å²) < 4.78 is 5.02. The number of nitrogens with zero attached hydrogens (tertiary/aromatic N) is 2. The van der Waals surface area contributed by atoms with E-state index in [1.54, 1.807) is 19.1 Å². The van der Waals surface area contributed by atoms with Crippen molar-refractivity contribution in [3.8, 4) is 0 Å². The summed E-state index contributed by atoms with van der Waals surface area (Å²) in [6.07, 6.45) is 2.32. The van der Waals surface area contributed by atoms with Gasteiger partial charge in [-0.1, -0.05) is 6.92 Å². The van der Waals surface area contributed by atoms with Crippen molar-refractivity contribution in [2.75, 3.05) is 26.2 Å². The van der Waals surface area contributed by atoms with Crippen LogP contribution < -0.4 is 0 Å². The number of likely N-dealkylation sites (tertiary alicyclic amines) is 1. The zero-order chi connectivity index (χ0) is 16.1. The monoisotopic (exact) mass is 306 g/mol. The second-order valence-electron chi connectivity index (χ2n) is 5.41. The number of carboxylic acids is 1. The number of ether oxygens (including phenoxy) is 1. The molecule has 2 unspecified atom stereocenters. The fraction of sp³-hybridized carbons (Fsp3) is 0.562. The third-order valence-electron chi connectivity index (χ3n) is 4.12. The number of esters is 1. The Labute approximate surface area is 130 Å². The Hall–Kier alpha value is -1.95. The molecule has 1 saturated heterocycles. The highest BCUT2D eigenvalue weighted by Crippen LogP contribution is 2.33. The molecule has 1 N–H and O–H groups in total. The van der Waals surface area contributed by atoms with E-state index in [9.17, 15) is 14.7 Å². The summed E-state index contributed by atoms with van der Waals surface area (Å²) in [6, 6.07) is 3.21. The summed E-state index contributed by atoms with van der Waals surface area (Å²) in [7, 11) is 0. The molecule has 1 aromatic rings. The van der Waals surface area contributed by atoms with Gasteiger partial charge in [-0.3, -0.25) is 9.78 Å². The van der Waals surface area contributed by atoms with Crippen molar-refractivity contribution in [1.29, 1.82) is 0 Å². The molecule has 2 rings (SSSR count). The first-order chi connectivity index (χ1) is 10.6. The highest BCUT2D eigenvalue weighted by atomic mass is 16.5. The van der Waals surface area contributed by atoms with Crippen molar-refractivity contribution in [3.05, 3.63) is 29.6 Å². The molecule has 22 heavy (non-hydrogen) atoms. The first-order valence-corrected chi connectivity index (χ1v) is 7.65. The largest absolute Gasteiger partial charge is 0.481 e. The van der Waals surface area contributed by atoms with Gasteiger partial charge in [-0.25, -0.2) is 4.79 Å². The standard InChI is InChI=1S/C16H22N2O4/c1-3-18-9-7-11(10-18)13(15(19)20)14-12(6-5-8-17-14)16(21)22-4-2/h5-6,8,11,13H,3-4,7,9-10H2,1-2H3,(H,19,20). The first kappa shape index (κ1) is 16.4. The Morgan fingerprint density at radius 2 is 2.27 bits per heavy atom. The number of hydrogen-bond acceptors (Lipinski definition) is 5. The molecule has 1 aliphatic rings. The van der Waals surface area contributed by atoms with E-state index in [1.807, 2.05) is 0 Å². The summed E-state index contributed by atoms with van der Waals surface area (Å²) in [5.41, 5.74) is 0.572. The van der Waals surface area contributed by atoms with Crippen LogP contribution in [0.5, 0.6) is 0 Å². The Morgan fingerprint density at radius 3 is 2.86 bits per heavy atom. The molecule has 0 spiro atoms. The van der Waals surface area contributed by atoms with Crippen LogP contribution in [0.25, 0.3) is 0 Å². The van der Waals surface area contributed by atoms with Gasteiger partial charge in [0, 0.05) is 12.7 Å². The van der Waals surface area contributed by atoms with E-state index in [2.05, 4.69) is 16.8 Å². The number of aromatic nitrogens is 1. The van der Waals surface area contributed by atoms with E-state index in [-0.39, 0.29) is 18.1 Å². The van der Waals surface area contributed by atoms with Gasteiger partial charge in [-0.05, 0) is 44.5 Å². The minimum Gasteiger partial charge on any atom is -0.481 e. The molecule has 0 aromatic carbocycles. The highest BCUT2D eigenvalue weighted by molar-refractivity contribution is 5.92. The van der Waals surface area contributed by atoms with Gasteiger partial charge in [0.15, 0.2) is 0 Å². The van der Waals surface area contributed by atoms with Crippen molar-refractivity contribution >= 4 is 11.9 Å². The van der Waals surface area contributed by atoms with E-state index in [0.29, 0.717) is 12.2 Å². The van der Waals surface area contributed by atoms with Crippen LogP contribution in [-0.4, -0.2) is 53.2 Å². The van der Waals surface area contributed by atoms with E-state index in [0.717, 1.165) is 19.5 Å². The second-order valence-corrected chi connectivity index (χ2v) is 5.41. The number of carbonyl (C=O) groups is 2. The topological polar surface area (TPSA) is 79.7 Å². The third kappa shape index (κ3) is 3.44. The van der Waals surface area contributed by atoms with Crippen LogP contribution in [-0.2, 0) is 9.53 Å². The number of pyridine rings is 1. The van der Waals surface area contributed by atoms with Crippen LogP contribution in [0.4, 0.5) is 0 Å². The van der Waals surface area contributed by atoms with Gasteiger partial charge in [-0.15, -0.1) is 0 Å². The van der Waals surface area contributed by atoms with Gasteiger partial charge >= 0.3 is 11.9 Å². The average molecular weight is 306 g/mol. The highest BCUT2D eigenvalue weighted by Gasteiger charge is 2.37. The Bertz CT molecular complexity index is 547. The molecule has 1 aromatic heterocycles. The molecule has 0 aliphatic carbocycles. The number of rotatable bonds is 6.